The van der Waals surface area contributed by atoms with Gasteiger partial charge in [0.1, 0.15) is 0 Å². The van der Waals surface area contributed by atoms with Crippen LogP contribution in [0.3, 0.4) is 0 Å². The normalized spacial score (nSPS) is 13.9. The van der Waals surface area contributed by atoms with Crippen molar-refractivity contribution in [2.45, 2.75) is 40.5 Å². The zero-order valence-electron chi connectivity index (χ0n) is 17.3. The van der Waals surface area contributed by atoms with Crippen LogP contribution >= 0.6 is 0 Å². The van der Waals surface area contributed by atoms with Crippen LogP contribution in [0.1, 0.15) is 42.0 Å². The minimum Gasteiger partial charge on any atom is -0.0836 e. The van der Waals surface area contributed by atoms with E-state index in [1.807, 2.05) is 0 Å². The Balaban J connectivity index is 1.83. The van der Waals surface area contributed by atoms with E-state index in [1.165, 1.54) is 55.7 Å². The maximum absolute atomic E-state index is 2.37. The Morgan fingerprint density at radius 1 is 0.607 bits per heavy atom. The number of hydrogen-bond acceptors (Lipinski definition) is 0. The van der Waals surface area contributed by atoms with Crippen molar-refractivity contribution in [1.29, 1.82) is 0 Å². The van der Waals surface area contributed by atoms with E-state index in [-0.39, 0.29) is 0 Å². The summed E-state index contributed by atoms with van der Waals surface area (Å²) < 4.78 is 0. The van der Waals surface area contributed by atoms with E-state index in [1.54, 1.807) is 0 Å². The van der Waals surface area contributed by atoms with Gasteiger partial charge in [0.2, 0.25) is 0 Å². The molecule has 0 radical (unpaired) electrons. The van der Waals surface area contributed by atoms with E-state index >= 15 is 0 Å². The standard InChI is InChI=1S/C28H28/c1-19-9-5-7-11-25(19)27-17-23(15-13-21(27)3)24-16-14-22(4)28(18-24)26-12-8-6-10-20(26)2/h5,7-9,11-18H,6,10H2,1-4H3. The minimum absolute atomic E-state index is 1.16. The monoisotopic (exact) mass is 364 g/mol. The molecule has 0 atom stereocenters. The summed E-state index contributed by atoms with van der Waals surface area (Å²) in [5.41, 5.74) is 13.5. The Labute approximate surface area is 169 Å². The van der Waals surface area contributed by atoms with Crippen molar-refractivity contribution in [3.05, 3.63) is 101 Å². The van der Waals surface area contributed by atoms with E-state index in [0.29, 0.717) is 0 Å². The van der Waals surface area contributed by atoms with Gasteiger partial charge in [0.05, 0.1) is 0 Å². The molecule has 0 amide bonds. The highest BCUT2D eigenvalue weighted by Gasteiger charge is 2.12. The summed E-state index contributed by atoms with van der Waals surface area (Å²) in [5, 5.41) is 0. The third-order valence-corrected chi connectivity index (χ3v) is 5.96. The molecule has 1 aliphatic rings. The molecule has 140 valence electrons. The van der Waals surface area contributed by atoms with Gasteiger partial charge >= 0.3 is 0 Å². The number of rotatable bonds is 3. The quantitative estimate of drug-likeness (QED) is 0.441. The largest absolute Gasteiger partial charge is 0.0836 e. The van der Waals surface area contributed by atoms with Crippen molar-refractivity contribution < 1.29 is 0 Å². The van der Waals surface area contributed by atoms with Gasteiger partial charge in [-0.25, -0.2) is 0 Å². The highest BCUT2D eigenvalue weighted by atomic mass is 14.2. The molecule has 0 saturated heterocycles. The molecule has 0 heterocycles. The summed E-state index contributed by atoms with van der Waals surface area (Å²) >= 11 is 0. The number of benzene rings is 3. The average Bonchev–Trinajstić information content (AvgIpc) is 2.70. The summed E-state index contributed by atoms with van der Waals surface area (Å²) in [7, 11) is 0. The van der Waals surface area contributed by atoms with Crippen molar-refractivity contribution in [2.75, 3.05) is 0 Å². The van der Waals surface area contributed by atoms with Crippen molar-refractivity contribution in [2.24, 2.45) is 0 Å². The maximum atomic E-state index is 2.37. The van der Waals surface area contributed by atoms with Gasteiger partial charge in [-0.05, 0) is 103 Å². The van der Waals surface area contributed by atoms with Crippen LogP contribution in [-0.2, 0) is 0 Å². The molecular formula is C28H28. The van der Waals surface area contributed by atoms with Crippen molar-refractivity contribution in [3.8, 4) is 22.3 Å². The lowest BCUT2D eigenvalue weighted by molar-refractivity contribution is 0.967. The first-order valence-electron chi connectivity index (χ1n) is 10.2. The predicted octanol–water partition coefficient (Wildman–Crippen LogP) is 8.07. The molecule has 0 bridgehead atoms. The molecule has 4 rings (SSSR count). The first-order chi connectivity index (χ1) is 13.5. The lowest BCUT2D eigenvalue weighted by Gasteiger charge is -2.17. The van der Waals surface area contributed by atoms with Gasteiger partial charge in [0, 0.05) is 0 Å². The Bertz CT molecular complexity index is 1090. The van der Waals surface area contributed by atoms with Crippen LogP contribution in [0.4, 0.5) is 0 Å². The molecule has 0 N–H and O–H groups in total. The molecule has 0 aromatic heterocycles. The topological polar surface area (TPSA) is 0 Å². The number of allylic oxidation sites excluding steroid dienone is 4. The van der Waals surface area contributed by atoms with Crippen LogP contribution in [-0.4, -0.2) is 0 Å². The van der Waals surface area contributed by atoms with Crippen molar-refractivity contribution in [3.63, 3.8) is 0 Å². The molecule has 0 fully saturated rings. The van der Waals surface area contributed by atoms with Crippen LogP contribution < -0.4 is 0 Å². The smallest absolute Gasteiger partial charge is 0.0146 e. The summed E-state index contributed by atoms with van der Waals surface area (Å²) in [6.45, 7) is 8.88. The lowest BCUT2D eigenvalue weighted by Crippen LogP contribution is -1.95. The average molecular weight is 365 g/mol. The van der Waals surface area contributed by atoms with Gasteiger partial charge in [-0.2, -0.15) is 0 Å². The molecule has 0 unspecified atom stereocenters. The molecule has 0 nitrogen and oxygen atoms in total. The van der Waals surface area contributed by atoms with Crippen molar-refractivity contribution >= 4 is 5.57 Å². The zero-order valence-corrected chi connectivity index (χ0v) is 17.3. The molecule has 0 heteroatoms. The van der Waals surface area contributed by atoms with Gasteiger partial charge < -0.3 is 0 Å². The van der Waals surface area contributed by atoms with E-state index in [9.17, 15) is 0 Å². The highest BCUT2D eigenvalue weighted by molar-refractivity contribution is 5.83. The molecule has 1 aliphatic carbocycles. The van der Waals surface area contributed by atoms with Gasteiger partial charge in [-0.3, -0.25) is 0 Å². The van der Waals surface area contributed by atoms with E-state index in [2.05, 4.69) is 101 Å². The first-order valence-corrected chi connectivity index (χ1v) is 10.2. The molecule has 0 spiro atoms. The number of hydrogen-bond donors (Lipinski definition) is 0. The van der Waals surface area contributed by atoms with Crippen LogP contribution in [0.5, 0.6) is 0 Å². The van der Waals surface area contributed by atoms with Crippen molar-refractivity contribution in [1.82, 2.24) is 0 Å². The summed E-state index contributed by atoms with van der Waals surface area (Å²) in [5.74, 6) is 0. The predicted molar refractivity (Wildman–Crippen MR) is 122 cm³/mol. The van der Waals surface area contributed by atoms with E-state index < -0.39 is 0 Å². The second-order valence-corrected chi connectivity index (χ2v) is 8.01. The molecule has 3 aromatic rings. The van der Waals surface area contributed by atoms with Crippen LogP contribution in [0.2, 0.25) is 0 Å². The van der Waals surface area contributed by atoms with Gasteiger partial charge in [-0.15, -0.1) is 0 Å². The molecular weight excluding hydrogens is 336 g/mol. The summed E-state index contributed by atoms with van der Waals surface area (Å²) in [6, 6.07) is 22.4. The third-order valence-electron chi connectivity index (χ3n) is 5.96. The molecule has 0 aliphatic heterocycles. The van der Waals surface area contributed by atoms with Crippen LogP contribution in [0, 0.1) is 20.8 Å². The van der Waals surface area contributed by atoms with Crippen LogP contribution in [0.25, 0.3) is 27.8 Å². The molecule has 0 saturated carbocycles. The van der Waals surface area contributed by atoms with E-state index in [0.717, 1.165) is 12.8 Å². The Morgan fingerprint density at radius 2 is 1.21 bits per heavy atom. The Hall–Kier alpha value is -2.86. The fourth-order valence-electron chi connectivity index (χ4n) is 4.16. The molecule has 3 aromatic carbocycles. The van der Waals surface area contributed by atoms with Gasteiger partial charge in [-0.1, -0.05) is 66.3 Å². The van der Waals surface area contributed by atoms with E-state index in [4.69, 9.17) is 0 Å². The Morgan fingerprint density at radius 3 is 1.89 bits per heavy atom. The fraction of sp³-hybridized carbons (Fsp3) is 0.214. The molecule has 28 heavy (non-hydrogen) atoms. The van der Waals surface area contributed by atoms with Gasteiger partial charge in [0.25, 0.3) is 0 Å². The second-order valence-electron chi connectivity index (χ2n) is 8.01. The fourth-order valence-corrected chi connectivity index (χ4v) is 4.16. The summed E-state index contributed by atoms with van der Waals surface area (Å²) in [6.07, 6.45) is 6.93. The van der Waals surface area contributed by atoms with Crippen LogP contribution in [0.15, 0.2) is 78.4 Å². The lowest BCUT2D eigenvalue weighted by atomic mass is 9.88. The summed E-state index contributed by atoms with van der Waals surface area (Å²) in [4.78, 5) is 0. The van der Waals surface area contributed by atoms with Gasteiger partial charge in [0.15, 0.2) is 0 Å². The third kappa shape index (κ3) is 3.47. The zero-order chi connectivity index (χ0) is 19.7. The second kappa shape index (κ2) is 7.64. The Kier molecular flexibility index (Phi) is 5.05. The first kappa shape index (κ1) is 18.5. The minimum atomic E-state index is 1.16. The number of aryl methyl sites for hydroxylation is 3. The highest BCUT2D eigenvalue weighted by Crippen LogP contribution is 2.35. The maximum Gasteiger partial charge on any atom is -0.0146 e. The SMILES string of the molecule is CC1=C(c2cc(-c3ccc(C)c(-c4ccccc4C)c3)ccc2C)C=CCC1.